The minimum atomic E-state index is -4.35. The number of benzene rings is 1. The van der Waals surface area contributed by atoms with Crippen LogP contribution in [0.4, 0.5) is 13.2 Å². The summed E-state index contributed by atoms with van der Waals surface area (Å²) in [5.74, 6) is 1.03. The second-order valence-corrected chi connectivity index (χ2v) is 6.56. The summed E-state index contributed by atoms with van der Waals surface area (Å²) in [6.07, 6.45) is -1.91. The molecule has 1 aliphatic rings. The number of rotatable bonds is 6. The Morgan fingerprint density at radius 2 is 1.96 bits per heavy atom. The molecule has 2 aromatic rings. The third-order valence-electron chi connectivity index (χ3n) is 4.66. The smallest absolute Gasteiger partial charge is 0.416 e. The van der Waals surface area contributed by atoms with E-state index < -0.39 is 11.7 Å². The molecule has 1 aliphatic heterocycles. The summed E-state index contributed by atoms with van der Waals surface area (Å²) in [5, 5.41) is 0. The van der Waals surface area contributed by atoms with Gasteiger partial charge in [-0.3, -0.25) is 4.90 Å². The van der Waals surface area contributed by atoms with Gasteiger partial charge in [-0.15, -0.1) is 0 Å². The summed E-state index contributed by atoms with van der Waals surface area (Å²) < 4.78 is 49.4. The van der Waals surface area contributed by atoms with Crippen LogP contribution in [0.1, 0.15) is 36.8 Å². The quantitative estimate of drug-likeness (QED) is 0.743. The molecule has 0 saturated carbocycles. The first kappa shape index (κ1) is 18.9. The molecule has 4 nitrogen and oxygen atoms in total. The van der Waals surface area contributed by atoms with Crippen molar-refractivity contribution in [1.82, 2.24) is 9.88 Å². The second kappa shape index (κ2) is 7.80. The predicted molar refractivity (Wildman–Crippen MR) is 91.6 cm³/mol. The van der Waals surface area contributed by atoms with Crippen LogP contribution < -0.4 is 0 Å². The number of hydrogen-bond acceptors (Lipinski definition) is 4. The van der Waals surface area contributed by atoms with E-state index in [-0.39, 0.29) is 6.10 Å². The van der Waals surface area contributed by atoms with Gasteiger partial charge in [0.15, 0.2) is 0 Å². The normalized spacial score (nSPS) is 18.0. The van der Waals surface area contributed by atoms with Crippen molar-refractivity contribution in [3.05, 3.63) is 41.3 Å². The zero-order chi connectivity index (χ0) is 18.7. The van der Waals surface area contributed by atoms with Crippen LogP contribution in [-0.2, 0) is 17.5 Å². The van der Waals surface area contributed by atoms with Crippen LogP contribution in [0.3, 0.4) is 0 Å². The van der Waals surface area contributed by atoms with Crippen LogP contribution in [0.15, 0.2) is 28.7 Å². The molecule has 1 aromatic carbocycles. The predicted octanol–water partition coefficient (Wildman–Crippen LogP) is 4.67. The molecule has 1 saturated heterocycles. The molecule has 0 amide bonds. The maximum absolute atomic E-state index is 12.7. The van der Waals surface area contributed by atoms with Crippen LogP contribution in [0.2, 0.25) is 0 Å². The average molecular weight is 368 g/mol. The molecule has 0 radical (unpaired) electrons. The molecule has 1 unspecified atom stereocenters. The second-order valence-electron chi connectivity index (χ2n) is 6.56. The van der Waals surface area contributed by atoms with Gasteiger partial charge in [-0.05, 0) is 50.6 Å². The first-order chi connectivity index (χ1) is 12.4. The van der Waals surface area contributed by atoms with Gasteiger partial charge in [-0.25, -0.2) is 4.98 Å². The highest BCUT2D eigenvalue weighted by Crippen LogP contribution is 2.31. The van der Waals surface area contributed by atoms with Crippen LogP contribution in [0, 0.1) is 6.92 Å². The molecule has 2 heterocycles. The first-order valence-corrected chi connectivity index (χ1v) is 8.84. The van der Waals surface area contributed by atoms with E-state index in [1.165, 1.54) is 12.1 Å². The first-order valence-electron chi connectivity index (χ1n) is 8.84. The Labute approximate surface area is 151 Å². The van der Waals surface area contributed by atoms with E-state index in [9.17, 15) is 13.2 Å². The highest BCUT2D eigenvalue weighted by atomic mass is 19.4. The summed E-state index contributed by atoms with van der Waals surface area (Å²) in [4.78, 5) is 6.75. The van der Waals surface area contributed by atoms with Gasteiger partial charge in [0.05, 0.1) is 17.4 Å². The summed E-state index contributed by atoms with van der Waals surface area (Å²) in [5.41, 5.74) is 0.660. The van der Waals surface area contributed by atoms with E-state index in [4.69, 9.17) is 9.15 Å². The van der Waals surface area contributed by atoms with Gasteiger partial charge in [-0.1, -0.05) is 6.92 Å². The van der Waals surface area contributed by atoms with Gasteiger partial charge in [-0.2, -0.15) is 13.2 Å². The number of aryl methyl sites for hydroxylation is 1. The Morgan fingerprint density at radius 1 is 1.23 bits per heavy atom. The number of nitrogens with zero attached hydrogens (tertiary/aromatic N) is 2. The molecule has 3 rings (SSSR count). The van der Waals surface area contributed by atoms with E-state index in [1.807, 2.05) is 6.92 Å². The SMILES string of the molecule is CCN(Cc1nc(-c2ccc(C(F)(F)F)cc2)oc1C)CC1CCCO1. The third kappa shape index (κ3) is 4.45. The van der Waals surface area contributed by atoms with Gasteiger partial charge < -0.3 is 9.15 Å². The number of ether oxygens (including phenoxy) is 1. The lowest BCUT2D eigenvalue weighted by molar-refractivity contribution is -0.137. The van der Waals surface area contributed by atoms with Gasteiger partial charge in [0, 0.05) is 25.3 Å². The van der Waals surface area contributed by atoms with Crippen molar-refractivity contribution in [1.29, 1.82) is 0 Å². The lowest BCUT2D eigenvalue weighted by Gasteiger charge is -2.22. The van der Waals surface area contributed by atoms with Crippen LogP contribution >= 0.6 is 0 Å². The summed E-state index contributed by atoms with van der Waals surface area (Å²) >= 11 is 0. The van der Waals surface area contributed by atoms with Crippen molar-refractivity contribution >= 4 is 0 Å². The van der Waals surface area contributed by atoms with Crippen molar-refractivity contribution in [2.45, 2.75) is 45.5 Å². The zero-order valence-corrected chi connectivity index (χ0v) is 15.0. The van der Waals surface area contributed by atoms with Crippen LogP contribution in [0.25, 0.3) is 11.5 Å². The van der Waals surface area contributed by atoms with Crippen molar-refractivity contribution in [2.24, 2.45) is 0 Å². The molecule has 1 atom stereocenters. The fraction of sp³-hybridized carbons (Fsp3) is 0.526. The maximum atomic E-state index is 12.7. The molecular formula is C19H23F3N2O2. The highest BCUT2D eigenvalue weighted by molar-refractivity contribution is 5.54. The minimum Gasteiger partial charge on any atom is -0.441 e. The van der Waals surface area contributed by atoms with Crippen molar-refractivity contribution in [3.63, 3.8) is 0 Å². The van der Waals surface area contributed by atoms with E-state index in [0.29, 0.717) is 23.8 Å². The van der Waals surface area contributed by atoms with Crippen LogP contribution in [-0.4, -0.2) is 35.7 Å². The molecule has 26 heavy (non-hydrogen) atoms. The van der Waals surface area contributed by atoms with E-state index in [0.717, 1.165) is 50.4 Å². The number of halogens is 3. The topological polar surface area (TPSA) is 38.5 Å². The monoisotopic (exact) mass is 368 g/mol. The lowest BCUT2D eigenvalue weighted by Crippen LogP contribution is -2.31. The number of oxazole rings is 1. The lowest BCUT2D eigenvalue weighted by atomic mass is 10.1. The number of likely N-dealkylation sites (N-methyl/N-ethyl adjacent to an activating group) is 1. The molecule has 1 fully saturated rings. The number of hydrogen-bond donors (Lipinski definition) is 0. The highest BCUT2D eigenvalue weighted by Gasteiger charge is 2.30. The van der Waals surface area contributed by atoms with Gasteiger partial charge >= 0.3 is 6.18 Å². The number of alkyl halides is 3. The van der Waals surface area contributed by atoms with Gasteiger partial charge in [0.25, 0.3) is 0 Å². The fourth-order valence-electron chi connectivity index (χ4n) is 3.09. The Balaban J connectivity index is 1.71. The Morgan fingerprint density at radius 3 is 2.54 bits per heavy atom. The van der Waals surface area contributed by atoms with E-state index in [1.54, 1.807) is 0 Å². The van der Waals surface area contributed by atoms with Crippen molar-refractivity contribution in [3.8, 4) is 11.5 Å². The van der Waals surface area contributed by atoms with Gasteiger partial charge in [0.2, 0.25) is 5.89 Å². The fourth-order valence-corrected chi connectivity index (χ4v) is 3.09. The van der Waals surface area contributed by atoms with E-state index >= 15 is 0 Å². The maximum Gasteiger partial charge on any atom is 0.416 e. The van der Waals surface area contributed by atoms with Crippen molar-refractivity contribution in [2.75, 3.05) is 19.7 Å². The molecule has 7 heteroatoms. The molecule has 1 aromatic heterocycles. The van der Waals surface area contributed by atoms with Crippen LogP contribution in [0.5, 0.6) is 0 Å². The largest absolute Gasteiger partial charge is 0.441 e. The molecule has 142 valence electrons. The summed E-state index contributed by atoms with van der Waals surface area (Å²) in [7, 11) is 0. The molecular weight excluding hydrogens is 345 g/mol. The average Bonchev–Trinajstić information content (AvgIpc) is 3.24. The molecule has 0 aliphatic carbocycles. The molecule has 0 spiro atoms. The Kier molecular flexibility index (Phi) is 5.67. The molecule has 0 bridgehead atoms. The zero-order valence-electron chi connectivity index (χ0n) is 15.0. The van der Waals surface area contributed by atoms with Gasteiger partial charge in [0.1, 0.15) is 5.76 Å². The van der Waals surface area contributed by atoms with E-state index in [2.05, 4.69) is 16.8 Å². The Bertz CT molecular complexity index is 719. The minimum absolute atomic E-state index is 0.261. The summed E-state index contributed by atoms with van der Waals surface area (Å²) in [6, 6.07) is 4.87. The molecule has 0 N–H and O–H groups in total. The summed E-state index contributed by atoms with van der Waals surface area (Å²) in [6.45, 7) is 7.08. The number of aromatic nitrogens is 1. The standard InChI is InChI=1S/C19H23F3N2O2/c1-3-24(11-16-5-4-10-25-16)12-17-13(2)26-18(23-17)14-6-8-15(9-7-14)19(20,21)22/h6-9,16H,3-5,10-12H2,1-2H3. The Hall–Kier alpha value is -1.86. The third-order valence-corrected chi connectivity index (χ3v) is 4.66. The van der Waals surface area contributed by atoms with Crippen molar-refractivity contribution < 1.29 is 22.3 Å².